The molecule has 2 aliphatic rings. The topological polar surface area (TPSA) is 54.9 Å². The third-order valence-corrected chi connectivity index (χ3v) is 5.07. The van der Waals surface area contributed by atoms with Gasteiger partial charge >= 0.3 is 0 Å². The Morgan fingerprint density at radius 1 is 1.11 bits per heavy atom. The van der Waals surface area contributed by atoms with Crippen LogP contribution < -0.4 is 14.4 Å². The first-order chi connectivity index (χ1) is 13.3. The summed E-state index contributed by atoms with van der Waals surface area (Å²) in [6.07, 6.45) is 6.10. The molecule has 1 amide bonds. The summed E-state index contributed by atoms with van der Waals surface area (Å²) in [5.41, 5.74) is 0.768. The molecule has 2 aliphatic heterocycles. The molecule has 1 aromatic carbocycles. The molecule has 2 aromatic rings. The number of amides is 1. The molecule has 1 unspecified atom stereocenters. The Balaban J connectivity index is 1.35. The largest absolute Gasteiger partial charge is 0.475 e. The van der Waals surface area contributed by atoms with E-state index in [-0.39, 0.29) is 18.7 Å². The molecule has 3 heterocycles. The SMILES string of the molecule is O=C1COc2ncccc2N1CCCN1CCCCC1Oc1ccccc1. The number of anilines is 1. The quantitative estimate of drug-likeness (QED) is 0.785. The second-order valence-corrected chi connectivity index (χ2v) is 6.93. The number of pyridine rings is 1. The van der Waals surface area contributed by atoms with Gasteiger partial charge in [0.1, 0.15) is 11.4 Å². The van der Waals surface area contributed by atoms with E-state index in [2.05, 4.69) is 9.88 Å². The van der Waals surface area contributed by atoms with Crippen LogP contribution in [-0.4, -0.2) is 48.3 Å². The van der Waals surface area contributed by atoms with Gasteiger partial charge in [-0.25, -0.2) is 4.98 Å². The van der Waals surface area contributed by atoms with E-state index in [9.17, 15) is 4.79 Å². The standard InChI is InChI=1S/C21H25N3O3/c25-19-16-26-21-18(10-6-12-22-21)24(19)15-7-14-23-13-5-4-11-20(23)27-17-8-2-1-3-9-17/h1-3,6,8-10,12,20H,4-5,7,11,13-16H2. The van der Waals surface area contributed by atoms with Crippen LogP contribution in [0.15, 0.2) is 48.7 Å². The summed E-state index contributed by atoms with van der Waals surface area (Å²) in [5.74, 6) is 1.45. The van der Waals surface area contributed by atoms with Crippen LogP contribution in [0.1, 0.15) is 25.7 Å². The Hall–Kier alpha value is -2.60. The molecule has 142 valence electrons. The van der Waals surface area contributed by atoms with Crippen LogP contribution in [0.3, 0.4) is 0 Å². The van der Waals surface area contributed by atoms with Gasteiger partial charge in [-0.3, -0.25) is 9.69 Å². The number of carbonyl (C=O) groups excluding carboxylic acids is 1. The van der Waals surface area contributed by atoms with Gasteiger partial charge in [0.2, 0.25) is 5.88 Å². The molecule has 6 heteroatoms. The summed E-state index contributed by atoms with van der Waals surface area (Å²) in [6, 6.07) is 13.7. The summed E-state index contributed by atoms with van der Waals surface area (Å²) in [6.45, 7) is 2.66. The molecular weight excluding hydrogens is 342 g/mol. The van der Waals surface area contributed by atoms with E-state index in [1.165, 1.54) is 12.8 Å². The summed E-state index contributed by atoms with van der Waals surface area (Å²) in [4.78, 5) is 20.7. The van der Waals surface area contributed by atoms with Gasteiger partial charge in [-0.1, -0.05) is 18.2 Å². The maximum atomic E-state index is 12.3. The van der Waals surface area contributed by atoms with Crippen molar-refractivity contribution in [2.24, 2.45) is 0 Å². The lowest BCUT2D eigenvalue weighted by atomic mass is 10.1. The molecule has 6 nitrogen and oxygen atoms in total. The van der Waals surface area contributed by atoms with Crippen molar-refractivity contribution in [3.63, 3.8) is 0 Å². The fourth-order valence-electron chi connectivity index (χ4n) is 3.72. The third-order valence-electron chi connectivity index (χ3n) is 5.07. The summed E-state index contributed by atoms with van der Waals surface area (Å²) in [7, 11) is 0. The second kappa shape index (κ2) is 8.39. The van der Waals surface area contributed by atoms with E-state index < -0.39 is 0 Å². The highest BCUT2D eigenvalue weighted by molar-refractivity contribution is 5.97. The van der Waals surface area contributed by atoms with Gasteiger partial charge in [-0.05, 0) is 49.9 Å². The van der Waals surface area contributed by atoms with Gasteiger partial charge < -0.3 is 14.4 Å². The number of hydrogen-bond acceptors (Lipinski definition) is 5. The van der Waals surface area contributed by atoms with Crippen molar-refractivity contribution in [3.8, 4) is 11.6 Å². The van der Waals surface area contributed by atoms with Gasteiger partial charge in [0, 0.05) is 25.8 Å². The fourth-order valence-corrected chi connectivity index (χ4v) is 3.72. The maximum Gasteiger partial charge on any atom is 0.265 e. The number of likely N-dealkylation sites (tertiary alicyclic amines) is 1. The molecular formula is C21H25N3O3. The van der Waals surface area contributed by atoms with Crippen molar-refractivity contribution in [2.45, 2.75) is 31.9 Å². The van der Waals surface area contributed by atoms with Gasteiger partial charge in [0.25, 0.3) is 5.91 Å². The first-order valence-electron chi connectivity index (χ1n) is 9.65. The second-order valence-electron chi connectivity index (χ2n) is 6.93. The number of ether oxygens (including phenoxy) is 2. The predicted molar refractivity (Wildman–Crippen MR) is 103 cm³/mol. The lowest BCUT2D eigenvalue weighted by Crippen LogP contribution is -2.45. The Morgan fingerprint density at radius 3 is 2.89 bits per heavy atom. The molecule has 0 spiro atoms. The van der Waals surface area contributed by atoms with Crippen LogP contribution in [0.4, 0.5) is 5.69 Å². The Kier molecular flexibility index (Phi) is 5.53. The molecule has 1 aromatic heterocycles. The number of fused-ring (bicyclic) bond motifs is 1. The number of rotatable bonds is 6. The smallest absolute Gasteiger partial charge is 0.265 e. The number of para-hydroxylation sites is 1. The van der Waals surface area contributed by atoms with Crippen LogP contribution >= 0.6 is 0 Å². The summed E-state index contributed by atoms with van der Waals surface area (Å²) < 4.78 is 11.6. The minimum Gasteiger partial charge on any atom is -0.475 e. The highest BCUT2D eigenvalue weighted by Crippen LogP contribution is 2.29. The van der Waals surface area contributed by atoms with E-state index >= 15 is 0 Å². The number of carbonyl (C=O) groups is 1. The minimum atomic E-state index is -0.00812. The predicted octanol–water partition coefficient (Wildman–Crippen LogP) is 3.09. The van der Waals surface area contributed by atoms with Crippen LogP contribution in [0.25, 0.3) is 0 Å². The fraction of sp³-hybridized carbons (Fsp3) is 0.429. The molecule has 0 N–H and O–H groups in total. The Labute approximate surface area is 159 Å². The van der Waals surface area contributed by atoms with E-state index in [1.807, 2.05) is 42.5 Å². The maximum absolute atomic E-state index is 12.3. The molecule has 1 atom stereocenters. The van der Waals surface area contributed by atoms with Crippen molar-refractivity contribution in [2.75, 3.05) is 31.1 Å². The minimum absolute atomic E-state index is 0.00812. The molecule has 4 rings (SSSR count). The number of piperidine rings is 1. The number of benzene rings is 1. The number of aromatic nitrogens is 1. The van der Waals surface area contributed by atoms with E-state index in [1.54, 1.807) is 11.1 Å². The van der Waals surface area contributed by atoms with E-state index in [0.717, 1.165) is 37.4 Å². The Bertz CT molecular complexity index is 768. The van der Waals surface area contributed by atoms with Gasteiger partial charge in [0.05, 0.1) is 0 Å². The van der Waals surface area contributed by atoms with Crippen LogP contribution in [0.2, 0.25) is 0 Å². The van der Waals surface area contributed by atoms with Gasteiger partial charge in [-0.15, -0.1) is 0 Å². The van der Waals surface area contributed by atoms with E-state index in [4.69, 9.17) is 9.47 Å². The highest BCUT2D eigenvalue weighted by Gasteiger charge is 2.27. The average molecular weight is 367 g/mol. The normalized spacial score (nSPS) is 20.1. The summed E-state index contributed by atoms with van der Waals surface area (Å²) >= 11 is 0. The van der Waals surface area contributed by atoms with Crippen molar-refractivity contribution < 1.29 is 14.3 Å². The number of nitrogens with zero attached hydrogens (tertiary/aromatic N) is 3. The lowest BCUT2D eigenvalue weighted by molar-refractivity contribution is -0.121. The molecule has 1 fully saturated rings. The molecule has 0 aliphatic carbocycles. The number of hydrogen-bond donors (Lipinski definition) is 0. The van der Waals surface area contributed by atoms with Crippen molar-refractivity contribution in [1.82, 2.24) is 9.88 Å². The zero-order valence-corrected chi connectivity index (χ0v) is 15.4. The Morgan fingerprint density at radius 2 is 2.00 bits per heavy atom. The van der Waals surface area contributed by atoms with E-state index in [0.29, 0.717) is 12.4 Å². The molecule has 0 saturated carbocycles. The summed E-state index contributed by atoms with van der Waals surface area (Å²) in [5, 5.41) is 0. The van der Waals surface area contributed by atoms with Crippen molar-refractivity contribution >= 4 is 11.6 Å². The lowest BCUT2D eigenvalue weighted by Gasteiger charge is -2.36. The van der Waals surface area contributed by atoms with Crippen molar-refractivity contribution in [1.29, 1.82) is 0 Å². The molecule has 27 heavy (non-hydrogen) atoms. The molecule has 1 saturated heterocycles. The van der Waals surface area contributed by atoms with Crippen LogP contribution in [0, 0.1) is 0 Å². The van der Waals surface area contributed by atoms with Gasteiger partial charge in [-0.2, -0.15) is 0 Å². The zero-order chi connectivity index (χ0) is 18.5. The van der Waals surface area contributed by atoms with Crippen molar-refractivity contribution in [3.05, 3.63) is 48.7 Å². The first kappa shape index (κ1) is 17.8. The first-order valence-corrected chi connectivity index (χ1v) is 9.65. The zero-order valence-electron chi connectivity index (χ0n) is 15.4. The average Bonchev–Trinajstić information content (AvgIpc) is 2.72. The molecule has 0 bridgehead atoms. The monoisotopic (exact) mass is 367 g/mol. The third kappa shape index (κ3) is 4.22. The highest BCUT2D eigenvalue weighted by atomic mass is 16.5. The van der Waals surface area contributed by atoms with Gasteiger partial charge in [0.15, 0.2) is 12.8 Å². The van der Waals surface area contributed by atoms with Crippen LogP contribution in [-0.2, 0) is 4.79 Å². The van der Waals surface area contributed by atoms with Crippen LogP contribution in [0.5, 0.6) is 11.6 Å². The molecule has 0 radical (unpaired) electrons.